The minimum absolute atomic E-state index is 0.447. The molecule has 1 aromatic rings. The van der Waals surface area contributed by atoms with E-state index >= 15 is 0 Å². The molecule has 2 rings (SSSR count). The fourth-order valence-electron chi connectivity index (χ4n) is 3.18. The van der Waals surface area contributed by atoms with Crippen molar-refractivity contribution in [3.63, 3.8) is 0 Å². The van der Waals surface area contributed by atoms with Crippen LogP contribution in [0, 0.1) is 5.92 Å². The zero-order chi connectivity index (χ0) is 14.5. The van der Waals surface area contributed by atoms with Crippen LogP contribution < -0.4 is 5.32 Å². The van der Waals surface area contributed by atoms with Crippen molar-refractivity contribution in [1.29, 1.82) is 0 Å². The van der Waals surface area contributed by atoms with Crippen molar-refractivity contribution >= 4 is 0 Å². The van der Waals surface area contributed by atoms with E-state index in [0.717, 1.165) is 19.0 Å². The highest BCUT2D eigenvalue weighted by molar-refractivity contribution is 5.14. The molecule has 0 radical (unpaired) electrons. The molecule has 0 spiro atoms. The van der Waals surface area contributed by atoms with Gasteiger partial charge in [-0.15, -0.1) is 0 Å². The summed E-state index contributed by atoms with van der Waals surface area (Å²) in [6.45, 7) is 11.5. The Morgan fingerprint density at radius 3 is 2.80 bits per heavy atom. The van der Waals surface area contributed by atoms with E-state index in [1.807, 2.05) is 18.5 Å². The molecule has 0 saturated carbocycles. The molecule has 1 aliphatic heterocycles. The van der Waals surface area contributed by atoms with Gasteiger partial charge in [-0.05, 0) is 30.9 Å². The van der Waals surface area contributed by atoms with Crippen molar-refractivity contribution in [2.45, 2.75) is 58.7 Å². The van der Waals surface area contributed by atoms with Gasteiger partial charge in [-0.2, -0.15) is 0 Å². The molecule has 0 bridgehead atoms. The van der Waals surface area contributed by atoms with Crippen LogP contribution in [-0.4, -0.2) is 35.1 Å². The Bertz CT molecular complexity index is 392. The molecule has 1 aliphatic rings. The first-order valence-corrected chi connectivity index (χ1v) is 8.06. The average Bonchev–Trinajstić information content (AvgIpc) is 2.53. The molecule has 1 fully saturated rings. The van der Waals surface area contributed by atoms with Crippen molar-refractivity contribution in [2.24, 2.45) is 5.92 Å². The molecule has 3 nitrogen and oxygen atoms in total. The van der Waals surface area contributed by atoms with Crippen LogP contribution in [0.25, 0.3) is 0 Å². The maximum Gasteiger partial charge on any atom is 0.0339 e. The maximum atomic E-state index is 4.28. The molecule has 1 saturated heterocycles. The molecule has 2 heterocycles. The zero-order valence-corrected chi connectivity index (χ0v) is 13.3. The van der Waals surface area contributed by atoms with Crippen LogP contribution in [0.15, 0.2) is 24.5 Å². The van der Waals surface area contributed by atoms with Gasteiger partial charge in [0, 0.05) is 43.6 Å². The quantitative estimate of drug-likeness (QED) is 0.894. The highest BCUT2D eigenvalue weighted by Crippen LogP contribution is 2.27. The van der Waals surface area contributed by atoms with Gasteiger partial charge >= 0.3 is 0 Å². The lowest BCUT2D eigenvalue weighted by atomic mass is 9.93. The van der Waals surface area contributed by atoms with Gasteiger partial charge in [0.05, 0.1) is 0 Å². The highest BCUT2D eigenvalue weighted by Gasteiger charge is 2.32. The van der Waals surface area contributed by atoms with Gasteiger partial charge in [-0.25, -0.2) is 0 Å². The third-order valence-electron chi connectivity index (χ3n) is 4.96. The van der Waals surface area contributed by atoms with E-state index in [1.54, 1.807) is 0 Å². The number of aromatic nitrogens is 1. The second-order valence-electron chi connectivity index (χ2n) is 6.12. The van der Waals surface area contributed by atoms with Crippen LogP contribution >= 0.6 is 0 Å². The monoisotopic (exact) mass is 275 g/mol. The summed E-state index contributed by atoms with van der Waals surface area (Å²) in [5.74, 6) is 0.733. The summed E-state index contributed by atoms with van der Waals surface area (Å²) in [6.07, 6.45) is 6.30. The predicted octanol–water partition coefficient (Wildman–Crippen LogP) is 3.24. The SMILES string of the molecule is CCC(C)C1CN(C(C)c2cccnc2)C(CC)CN1. The van der Waals surface area contributed by atoms with E-state index < -0.39 is 0 Å². The van der Waals surface area contributed by atoms with Gasteiger partial charge in [0.25, 0.3) is 0 Å². The minimum atomic E-state index is 0.447. The first kappa shape index (κ1) is 15.5. The summed E-state index contributed by atoms with van der Waals surface area (Å²) in [7, 11) is 0. The number of hydrogen-bond acceptors (Lipinski definition) is 3. The molecule has 0 aromatic carbocycles. The van der Waals surface area contributed by atoms with E-state index in [0.29, 0.717) is 18.1 Å². The summed E-state index contributed by atoms with van der Waals surface area (Å²) in [5.41, 5.74) is 1.33. The Labute approximate surface area is 123 Å². The van der Waals surface area contributed by atoms with E-state index in [4.69, 9.17) is 0 Å². The third kappa shape index (κ3) is 3.39. The van der Waals surface area contributed by atoms with E-state index in [1.165, 1.54) is 18.4 Å². The molecule has 3 heteroatoms. The molecule has 4 atom stereocenters. The molecular weight excluding hydrogens is 246 g/mol. The summed E-state index contributed by atoms with van der Waals surface area (Å²) >= 11 is 0. The summed E-state index contributed by atoms with van der Waals surface area (Å²) in [6, 6.07) is 5.93. The summed E-state index contributed by atoms with van der Waals surface area (Å²) in [5, 5.41) is 3.75. The highest BCUT2D eigenvalue weighted by atomic mass is 15.3. The Morgan fingerprint density at radius 2 is 2.20 bits per heavy atom. The van der Waals surface area contributed by atoms with Crippen LogP contribution in [0.1, 0.15) is 52.1 Å². The number of piperazine rings is 1. The first-order chi connectivity index (χ1) is 9.67. The van der Waals surface area contributed by atoms with Gasteiger partial charge in [-0.1, -0.05) is 33.3 Å². The molecule has 0 amide bonds. The standard InChI is InChI=1S/C17H29N3/c1-5-13(3)17-12-20(16(6-2)11-19-17)14(4)15-8-7-9-18-10-15/h7-10,13-14,16-17,19H,5-6,11-12H2,1-4H3. The van der Waals surface area contributed by atoms with Crippen molar-refractivity contribution in [2.75, 3.05) is 13.1 Å². The third-order valence-corrected chi connectivity index (χ3v) is 4.96. The fourth-order valence-corrected chi connectivity index (χ4v) is 3.18. The number of hydrogen-bond donors (Lipinski definition) is 1. The molecule has 112 valence electrons. The Balaban J connectivity index is 2.12. The van der Waals surface area contributed by atoms with Crippen LogP contribution in [0.4, 0.5) is 0 Å². The zero-order valence-electron chi connectivity index (χ0n) is 13.3. The minimum Gasteiger partial charge on any atom is -0.311 e. The van der Waals surface area contributed by atoms with Gasteiger partial charge in [0.1, 0.15) is 0 Å². The summed E-state index contributed by atoms with van der Waals surface area (Å²) in [4.78, 5) is 6.95. The fraction of sp³-hybridized carbons (Fsp3) is 0.706. The first-order valence-electron chi connectivity index (χ1n) is 8.06. The summed E-state index contributed by atoms with van der Waals surface area (Å²) < 4.78 is 0. The Hall–Kier alpha value is -0.930. The van der Waals surface area contributed by atoms with Crippen molar-refractivity contribution < 1.29 is 0 Å². The normalized spacial score (nSPS) is 27.2. The van der Waals surface area contributed by atoms with Crippen LogP contribution in [0.2, 0.25) is 0 Å². The van der Waals surface area contributed by atoms with E-state index in [2.05, 4.69) is 49.0 Å². The lowest BCUT2D eigenvalue weighted by Gasteiger charge is -2.45. The van der Waals surface area contributed by atoms with Crippen molar-refractivity contribution in [3.05, 3.63) is 30.1 Å². The van der Waals surface area contributed by atoms with Crippen LogP contribution in [-0.2, 0) is 0 Å². The lowest BCUT2D eigenvalue weighted by molar-refractivity contribution is 0.0705. The Kier molecular flexibility index (Phi) is 5.55. The molecule has 20 heavy (non-hydrogen) atoms. The predicted molar refractivity (Wildman–Crippen MR) is 84.7 cm³/mol. The molecule has 4 unspecified atom stereocenters. The van der Waals surface area contributed by atoms with E-state index in [9.17, 15) is 0 Å². The maximum absolute atomic E-state index is 4.28. The number of rotatable bonds is 5. The lowest BCUT2D eigenvalue weighted by Crippen LogP contribution is -2.58. The second-order valence-corrected chi connectivity index (χ2v) is 6.12. The molecule has 1 aromatic heterocycles. The molecular formula is C17H29N3. The number of nitrogens with one attached hydrogen (secondary N) is 1. The smallest absolute Gasteiger partial charge is 0.0339 e. The number of nitrogens with zero attached hydrogens (tertiary/aromatic N) is 2. The van der Waals surface area contributed by atoms with Crippen LogP contribution in [0.5, 0.6) is 0 Å². The average molecular weight is 275 g/mol. The molecule has 0 aliphatic carbocycles. The van der Waals surface area contributed by atoms with Crippen molar-refractivity contribution in [1.82, 2.24) is 15.2 Å². The molecule has 1 N–H and O–H groups in total. The largest absolute Gasteiger partial charge is 0.311 e. The van der Waals surface area contributed by atoms with Crippen molar-refractivity contribution in [3.8, 4) is 0 Å². The second kappa shape index (κ2) is 7.19. The number of pyridine rings is 1. The van der Waals surface area contributed by atoms with E-state index in [-0.39, 0.29) is 0 Å². The topological polar surface area (TPSA) is 28.2 Å². The van der Waals surface area contributed by atoms with Gasteiger partial charge < -0.3 is 5.32 Å². The van der Waals surface area contributed by atoms with Gasteiger partial charge in [0.2, 0.25) is 0 Å². The Morgan fingerprint density at radius 1 is 1.40 bits per heavy atom. The van der Waals surface area contributed by atoms with Gasteiger partial charge in [-0.3, -0.25) is 9.88 Å². The van der Waals surface area contributed by atoms with Crippen LogP contribution in [0.3, 0.4) is 0 Å². The van der Waals surface area contributed by atoms with Gasteiger partial charge in [0.15, 0.2) is 0 Å².